The van der Waals surface area contributed by atoms with Crippen LogP contribution >= 0.6 is 0 Å². The molecule has 3 atom stereocenters. The van der Waals surface area contributed by atoms with Crippen molar-refractivity contribution in [2.45, 2.75) is 44.2 Å². The van der Waals surface area contributed by atoms with Gasteiger partial charge in [-0.25, -0.2) is 0 Å². The summed E-state index contributed by atoms with van der Waals surface area (Å²) >= 11 is 0. The summed E-state index contributed by atoms with van der Waals surface area (Å²) in [6.45, 7) is 2.74. The van der Waals surface area contributed by atoms with Gasteiger partial charge in [-0.2, -0.15) is 0 Å². The lowest BCUT2D eigenvalue weighted by molar-refractivity contribution is -0.120. The Morgan fingerprint density at radius 1 is 1.44 bits per heavy atom. The van der Waals surface area contributed by atoms with E-state index >= 15 is 0 Å². The normalized spacial score (nSPS) is 33.8. The zero-order chi connectivity index (χ0) is 13.1. The summed E-state index contributed by atoms with van der Waals surface area (Å²) in [6, 6.07) is 0.450. The summed E-state index contributed by atoms with van der Waals surface area (Å²) in [5, 5.41) is 9.80. The van der Waals surface area contributed by atoms with E-state index < -0.39 is 0 Å². The van der Waals surface area contributed by atoms with E-state index in [4.69, 9.17) is 0 Å². The average Bonchev–Trinajstić information content (AvgIpc) is 2.82. The van der Waals surface area contributed by atoms with Crippen molar-refractivity contribution < 1.29 is 9.90 Å². The number of likely N-dealkylation sites (N-methyl/N-ethyl adjacent to an activating group) is 1. The van der Waals surface area contributed by atoms with Crippen LogP contribution < -0.4 is 0 Å². The monoisotopic (exact) mass is 254 g/mol. The van der Waals surface area contributed by atoms with Crippen molar-refractivity contribution in [2.75, 3.05) is 33.7 Å². The maximum absolute atomic E-state index is 11.6. The number of carbonyl (C=O) groups excluding carboxylic acids is 1. The molecule has 0 bridgehead atoms. The molecule has 1 N–H and O–H groups in total. The Hall–Kier alpha value is -0.450. The first kappa shape index (κ1) is 14.0. The number of aliphatic hydroxyl groups excluding tert-OH is 1. The molecule has 4 heteroatoms. The van der Waals surface area contributed by atoms with Crippen LogP contribution in [-0.2, 0) is 4.79 Å². The minimum atomic E-state index is -0.186. The van der Waals surface area contributed by atoms with Crippen LogP contribution in [0.1, 0.15) is 32.1 Å². The van der Waals surface area contributed by atoms with Gasteiger partial charge in [0.05, 0.1) is 6.10 Å². The zero-order valence-corrected chi connectivity index (χ0v) is 11.6. The Morgan fingerprint density at radius 3 is 2.83 bits per heavy atom. The molecule has 1 saturated heterocycles. The highest BCUT2D eigenvalue weighted by Crippen LogP contribution is 2.26. The molecule has 0 aromatic rings. The van der Waals surface area contributed by atoms with Crippen LogP contribution in [0, 0.1) is 5.92 Å². The number of nitrogens with zero attached hydrogens (tertiary/aromatic N) is 2. The molecule has 2 aliphatic rings. The van der Waals surface area contributed by atoms with Crippen molar-refractivity contribution in [2.24, 2.45) is 5.92 Å². The molecular formula is C14H26N2O2. The summed E-state index contributed by atoms with van der Waals surface area (Å²) < 4.78 is 0. The fourth-order valence-corrected chi connectivity index (χ4v) is 3.36. The fraction of sp³-hybridized carbons (Fsp3) is 0.929. The molecule has 4 nitrogen and oxygen atoms in total. The van der Waals surface area contributed by atoms with E-state index in [2.05, 4.69) is 23.9 Å². The second kappa shape index (κ2) is 6.13. The topological polar surface area (TPSA) is 43.8 Å². The lowest BCUT2D eigenvalue weighted by Crippen LogP contribution is -2.38. The number of likely N-dealkylation sites (tertiary alicyclic amines) is 1. The summed E-state index contributed by atoms with van der Waals surface area (Å²) in [7, 11) is 4.15. The standard InChI is InChI=1S/C14H26N2O2/c1-15(2)9-12-8-13(17)10-16(12)7-6-11-4-3-5-14(11)18/h11-13,17H,3-10H2,1-2H3. The molecule has 18 heavy (non-hydrogen) atoms. The van der Waals surface area contributed by atoms with E-state index in [0.29, 0.717) is 17.7 Å². The second-order valence-corrected chi connectivity index (χ2v) is 6.14. The van der Waals surface area contributed by atoms with Gasteiger partial charge >= 0.3 is 0 Å². The highest BCUT2D eigenvalue weighted by Gasteiger charge is 2.32. The molecule has 0 spiro atoms. The third kappa shape index (κ3) is 3.53. The van der Waals surface area contributed by atoms with Crippen LogP contribution in [0.3, 0.4) is 0 Å². The van der Waals surface area contributed by atoms with Crippen molar-refractivity contribution in [1.82, 2.24) is 9.80 Å². The second-order valence-electron chi connectivity index (χ2n) is 6.14. The van der Waals surface area contributed by atoms with E-state index in [1.807, 2.05) is 0 Å². The molecule has 0 aromatic heterocycles. The molecule has 0 radical (unpaired) electrons. The van der Waals surface area contributed by atoms with E-state index in [1.54, 1.807) is 0 Å². The van der Waals surface area contributed by atoms with E-state index in [1.165, 1.54) is 0 Å². The maximum atomic E-state index is 11.6. The van der Waals surface area contributed by atoms with Crippen LogP contribution in [0.15, 0.2) is 0 Å². The first-order chi connectivity index (χ1) is 8.56. The Kier molecular flexibility index (Phi) is 4.76. The van der Waals surface area contributed by atoms with Crippen LogP contribution in [-0.4, -0.2) is 66.6 Å². The third-order valence-electron chi connectivity index (χ3n) is 4.28. The Bertz CT molecular complexity index is 294. The highest BCUT2D eigenvalue weighted by atomic mass is 16.3. The van der Waals surface area contributed by atoms with Gasteiger partial charge in [-0.05, 0) is 46.3 Å². The number of hydrogen-bond donors (Lipinski definition) is 1. The van der Waals surface area contributed by atoms with Gasteiger partial charge in [-0.3, -0.25) is 9.69 Å². The van der Waals surface area contributed by atoms with Gasteiger partial charge in [-0.15, -0.1) is 0 Å². The van der Waals surface area contributed by atoms with Crippen LogP contribution in [0.2, 0.25) is 0 Å². The molecule has 1 heterocycles. The largest absolute Gasteiger partial charge is 0.392 e. The minimum Gasteiger partial charge on any atom is -0.392 e. The molecular weight excluding hydrogens is 228 g/mol. The minimum absolute atomic E-state index is 0.186. The average molecular weight is 254 g/mol. The van der Waals surface area contributed by atoms with Gasteiger partial charge in [0.2, 0.25) is 0 Å². The van der Waals surface area contributed by atoms with Crippen molar-refractivity contribution in [3.63, 3.8) is 0 Å². The molecule has 104 valence electrons. The lowest BCUT2D eigenvalue weighted by Gasteiger charge is -2.27. The Morgan fingerprint density at radius 2 is 2.22 bits per heavy atom. The SMILES string of the molecule is CN(C)CC1CC(O)CN1CCC1CCCC1=O. The van der Waals surface area contributed by atoms with Gasteiger partial charge in [0, 0.05) is 31.5 Å². The van der Waals surface area contributed by atoms with Crippen LogP contribution in [0.25, 0.3) is 0 Å². The van der Waals surface area contributed by atoms with Crippen molar-refractivity contribution >= 4 is 5.78 Å². The van der Waals surface area contributed by atoms with Crippen LogP contribution in [0.4, 0.5) is 0 Å². The van der Waals surface area contributed by atoms with Crippen LogP contribution in [0.5, 0.6) is 0 Å². The van der Waals surface area contributed by atoms with Gasteiger partial charge in [0.25, 0.3) is 0 Å². The summed E-state index contributed by atoms with van der Waals surface area (Å²) in [5.74, 6) is 0.752. The predicted octanol–water partition coefficient (Wildman–Crippen LogP) is 0.742. The van der Waals surface area contributed by atoms with Gasteiger partial charge < -0.3 is 10.0 Å². The quantitative estimate of drug-likeness (QED) is 0.786. The van der Waals surface area contributed by atoms with E-state index in [-0.39, 0.29) is 6.10 Å². The first-order valence-electron chi connectivity index (χ1n) is 7.16. The Balaban J connectivity index is 1.81. The molecule has 1 aliphatic heterocycles. The molecule has 1 aliphatic carbocycles. The summed E-state index contributed by atoms with van der Waals surface area (Å²) in [6.07, 6.45) is 4.61. The smallest absolute Gasteiger partial charge is 0.136 e. The van der Waals surface area contributed by atoms with Crippen molar-refractivity contribution in [3.05, 3.63) is 0 Å². The third-order valence-corrected chi connectivity index (χ3v) is 4.28. The first-order valence-corrected chi connectivity index (χ1v) is 7.16. The maximum Gasteiger partial charge on any atom is 0.136 e. The molecule has 1 saturated carbocycles. The Labute approximate surface area is 110 Å². The fourth-order valence-electron chi connectivity index (χ4n) is 3.36. The molecule has 2 fully saturated rings. The number of β-amino-alcohol motifs (C(OH)–C–C–N with tert-alkyl or cyclic N) is 1. The van der Waals surface area contributed by atoms with E-state index in [0.717, 1.165) is 51.7 Å². The summed E-state index contributed by atoms with van der Waals surface area (Å²) in [5.41, 5.74) is 0. The number of hydrogen-bond acceptors (Lipinski definition) is 4. The number of ketones is 1. The van der Waals surface area contributed by atoms with Gasteiger partial charge in [0.1, 0.15) is 5.78 Å². The van der Waals surface area contributed by atoms with E-state index in [9.17, 15) is 9.90 Å². The molecule has 0 amide bonds. The zero-order valence-electron chi connectivity index (χ0n) is 11.6. The molecule has 2 rings (SSSR count). The van der Waals surface area contributed by atoms with Crippen molar-refractivity contribution in [1.29, 1.82) is 0 Å². The lowest BCUT2D eigenvalue weighted by atomic mass is 10.0. The summed E-state index contributed by atoms with van der Waals surface area (Å²) in [4.78, 5) is 16.2. The number of carbonyl (C=O) groups is 1. The van der Waals surface area contributed by atoms with Gasteiger partial charge in [-0.1, -0.05) is 0 Å². The van der Waals surface area contributed by atoms with Crippen molar-refractivity contribution in [3.8, 4) is 0 Å². The number of Topliss-reactive ketones (excluding diaryl/α,β-unsaturated/α-hetero) is 1. The number of aliphatic hydroxyl groups is 1. The van der Waals surface area contributed by atoms with Gasteiger partial charge in [0.15, 0.2) is 0 Å². The highest BCUT2D eigenvalue weighted by molar-refractivity contribution is 5.82. The predicted molar refractivity (Wildman–Crippen MR) is 71.5 cm³/mol. The molecule has 3 unspecified atom stereocenters. The molecule has 0 aromatic carbocycles. The number of rotatable bonds is 5.